The molecule has 3 aromatic heterocycles. The van der Waals surface area contributed by atoms with Crippen LogP contribution in [0.1, 0.15) is 36.1 Å². The van der Waals surface area contributed by atoms with Gasteiger partial charge in [-0.3, -0.25) is 19.5 Å². The lowest BCUT2D eigenvalue weighted by molar-refractivity contribution is 0.101. The number of aryl methyl sites for hydroxylation is 2. The summed E-state index contributed by atoms with van der Waals surface area (Å²) < 4.78 is 8.75. The van der Waals surface area contributed by atoms with Crippen LogP contribution >= 0.6 is 0 Å². The highest BCUT2D eigenvalue weighted by Crippen LogP contribution is 2.20. The maximum absolute atomic E-state index is 12.3. The topological polar surface area (TPSA) is 104 Å². The molecule has 9 nitrogen and oxygen atoms in total. The molecule has 0 aliphatic heterocycles. The maximum Gasteiger partial charge on any atom is 0.322 e. The van der Waals surface area contributed by atoms with E-state index in [1.807, 2.05) is 26.8 Å². The normalized spacial score (nSPS) is 11.2. The number of hydrogen-bond acceptors (Lipinski definition) is 6. The average Bonchev–Trinajstić information content (AvgIpc) is 3.18. The van der Waals surface area contributed by atoms with Gasteiger partial charge in [0, 0.05) is 19.3 Å². The van der Waals surface area contributed by atoms with Crippen LogP contribution in [0.15, 0.2) is 22.7 Å². The summed E-state index contributed by atoms with van der Waals surface area (Å²) in [4.78, 5) is 12.3. The van der Waals surface area contributed by atoms with Crippen molar-refractivity contribution in [2.75, 3.05) is 5.32 Å². The molecule has 23 heavy (non-hydrogen) atoms. The zero-order valence-electron chi connectivity index (χ0n) is 13.3. The fourth-order valence-electron chi connectivity index (χ4n) is 2.25. The van der Waals surface area contributed by atoms with Crippen molar-refractivity contribution in [2.45, 2.75) is 26.8 Å². The van der Waals surface area contributed by atoms with Crippen molar-refractivity contribution in [3.8, 4) is 11.6 Å². The molecule has 3 rings (SSSR count). The molecule has 3 heterocycles. The molecule has 1 amide bonds. The van der Waals surface area contributed by atoms with Gasteiger partial charge in [0.25, 0.3) is 11.8 Å². The van der Waals surface area contributed by atoms with Crippen molar-refractivity contribution in [3.63, 3.8) is 0 Å². The average molecular weight is 315 g/mol. The van der Waals surface area contributed by atoms with Gasteiger partial charge in [-0.25, -0.2) is 0 Å². The van der Waals surface area contributed by atoms with Crippen LogP contribution in [-0.4, -0.2) is 35.7 Å². The van der Waals surface area contributed by atoms with E-state index in [1.54, 1.807) is 28.7 Å². The Bertz CT molecular complexity index is 843. The lowest BCUT2D eigenvalue weighted by Crippen LogP contribution is -2.19. The predicted octanol–water partition coefficient (Wildman–Crippen LogP) is 1.81. The maximum atomic E-state index is 12.3. The summed E-state index contributed by atoms with van der Waals surface area (Å²) in [6.45, 7) is 5.76. The van der Waals surface area contributed by atoms with Crippen LogP contribution in [0.2, 0.25) is 0 Å². The number of anilines is 1. The fraction of sp³-hybridized carbons (Fsp3) is 0.357. The van der Waals surface area contributed by atoms with Gasteiger partial charge < -0.3 is 4.42 Å². The number of aromatic nitrogens is 6. The summed E-state index contributed by atoms with van der Waals surface area (Å²) in [6, 6.07) is 3.56. The number of carbonyl (C=O) groups is 1. The first-order valence-corrected chi connectivity index (χ1v) is 7.15. The molecule has 1 N–H and O–H groups in total. The summed E-state index contributed by atoms with van der Waals surface area (Å²) in [6.07, 6.45) is 1.58. The molecule has 0 bridgehead atoms. The van der Waals surface area contributed by atoms with E-state index in [-0.39, 0.29) is 18.0 Å². The van der Waals surface area contributed by atoms with Gasteiger partial charge in [0.2, 0.25) is 0 Å². The Morgan fingerprint density at radius 1 is 1.35 bits per heavy atom. The molecule has 0 fully saturated rings. The van der Waals surface area contributed by atoms with Crippen LogP contribution in [0.4, 0.5) is 6.01 Å². The first-order chi connectivity index (χ1) is 11.0. The van der Waals surface area contributed by atoms with E-state index >= 15 is 0 Å². The molecule has 120 valence electrons. The zero-order chi connectivity index (χ0) is 16.6. The number of rotatable bonds is 4. The smallest absolute Gasteiger partial charge is 0.322 e. The highest BCUT2D eigenvalue weighted by molar-refractivity contribution is 6.01. The summed E-state index contributed by atoms with van der Waals surface area (Å²) in [7, 11) is 1.78. The molecule has 0 spiro atoms. The highest BCUT2D eigenvalue weighted by Gasteiger charge is 2.18. The van der Waals surface area contributed by atoms with E-state index in [0.717, 1.165) is 5.69 Å². The third kappa shape index (κ3) is 2.85. The first kappa shape index (κ1) is 14.9. The summed E-state index contributed by atoms with van der Waals surface area (Å²) in [5, 5.41) is 18.7. The summed E-state index contributed by atoms with van der Waals surface area (Å²) in [5.41, 5.74) is 1.95. The molecule has 0 saturated heterocycles. The Labute approximate surface area is 132 Å². The van der Waals surface area contributed by atoms with E-state index in [4.69, 9.17) is 4.42 Å². The van der Waals surface area contributed by atoms with Crippen molar-refractivity contribution < 1.29 is 9.21 Å². The standard InChI is InChI=1S/C14H17N7O2/c1-8(2)21-10(5-6-15-21)12(22)16-14-18-17-13(23-14)11-7-9(3)19-20(11)4/h5-8H,1-4H3,(H,16,18,22). The zero-order valence-corrected chi connectivity index (χ0v) is 13.3. The molecule has 0 aliphatic rings. The number of nitrogens with one attached hydrogen (secondary N) is 1. The van der Waals surface area contributed by atoms with E-state index in [0.29, 0.717) is 17.3 Å². The van der Waals surface area contributed by atoms with Crippen LogP contribution in [0, 0.1) is 6.92 Å². The van der Waals surface area contributed by atoms with E-state index in [1.165, 1.54) is 0 Å². The Morgan fingerprint density at radius 3 is 2.78 bits per heavy atom. The number of nitrogens with zero attached hydrogens (tertiary/aromatic N) is 6. The number of hydrogen-bond donors (Lipinski definition) is 1. The molecular weight excluding hydrogens is 298 g/mol. The number of amides is 1. The molecule has 0 aromatic carbocycles. The van der Waals surface area contributed by atoms with Crippen LogP contribution in [0.5, 0.6) is 0 Å². The van der Waals surface area contributed by atoms with Gasteiger partial charge in [-0.1, -0.05) is 5.10 Å². The van der Waals surface area contributed by atoms with Gasteiger partial charge in [0.1, 0.15) is 11.4 Å². The minimum Gasteiger partial charge on any atom is -0.401 e. The van der Waals surface area contributed by atoms with Crippen LogP contribution in [0.3, 0.4) is 0 Å². The van der Waals surface area contributed by atoms with Gasteiger partial charge in [-0.05, 0) is 32.9 Å². The minimum absolute atomic E-state index is 0.0281. The molecule has 9 heteroatoms. The lowest BCUT2D eigenvalue weighted by Gasteiger charge is -2.09. The van der Waals surface area contributed by atoms with Crippen molar-refractivity contribution >= 4 is 11.9 Å². The Kier molecular flexibility index (Phi) is 3.68. The Hall–Kier alpha value is -2.97. The van der Waals surface area contributed by atoms with Gasteiger partial charge in [-0.2, -0.15) is 10.2 Å². The molecule has 0 saturated carbocycles. The van der Waals surface area contributed by atoms with Crippen molar-refractivity contribution in [1.29, 1.82) is 0 Å². The molecule has 0 radical (unpaired) electrons. The molecular formula is C14H17N7O2. The summed E-state index contributed by atoms with van der Waals surface area (Å²) in [5.74, 6) is -0.0617. The van der Waals surface area contributed by atoms with E-state index in [2.05, 4.69) is 25.7 Å². The SMILES string of the molecule is Cc1cc(-c2nnc(NC(=O)c3ccnn3C(C)C)o2)n(C)n1. The van der Waals surface area contributed by atoms with Crippen molar-refractivity contribution in [1.82, 2.24) is 29.8 Å². The minimum atomic E-state index is -0.354. The van der Waals surface area contributed by atoms with Gasteiger partial charge in [-0.15, -0.1) is 5.10 Å². The van der Waals surface area contributed by atoms with E-state index < -0.39 is 0 Å². The number of carbonyl (C=O) groups excluding carboxylic acids is 1. The molecule has 3 aromatic rings. The largest absolute Gasteiger partial charge is 0.401 e. The van der Waals surface area contributed by atoms with E-state index in [9.17, 15) is 4.79 Å². The van der Waals surface area contributed by atoms with Crippen molar-refractivity contribution in [3.05, 3.63) is 29.7 Å². The van der Waals surface area contributed by atoms with Crippen LogP contribution in [0.25, 0.3) is 11.6 Å². The Morgan fingerprint density at radius 2 is 2.13 bits per heavy atom. The molecule has 0 atom stereocenters. The van der Waals surface area contributed by atoms with Gasteiger partial charge in [0.05, 0.1) is 5.69 Å². The quantitative estimate of drug-likeness (QED) is 0.787. The molecule has 0 unspecified atom stereocenters. The predicted molar refractivity (Wildman–Crippen MR) is 81.8 cm³/mol. The monoisotopic (exact) mass is 315 g/mol. The van der Waals surface area contributed by atoms with Gasteiger partial charge in [0.15, 0.2) is 0 Å². The third-order valence-corrected chi connectivity index (χ3v) is 3.26. The van der Waals surface area contributed by atoms with Gasteiger partial charge >= 0.3 is 6.01 Å². The van der Waals surface area contributed by atoms with Crippen molar-refractivity contribution in [2.24, 2.45) is 7.05 Å². The highest BCUT2D eigenvalue weighted by atomic mass is 16.4. The summed E-state index contributed by atoms with van der Waals surface area (Å²) >= 11 is 0. The first-order valence-electron chi connectivity index (χ1n) is 7.15. The second kappa shape index (κ2) is 5.67. The van der Waals surface area contributed by atoms with Crippen LogP contribution in [-0.2, 0) is 7.05 Å². The Balaban J connectivity index is 1.80. The van der Waals surface area contributed by atoms with Crippen LogP contribution < -0.4 is 5.32 Å². The lowest BCUT2D eigenvalue weighted by atomic mass is 10.3. The second-order valence-corrected chi connectivity index (χ2v) is 5.42. The molecule has 0 aliphatic carbocycles. The fourth-order valence-corrected chi connectivity index (χ4v) is 2.25. The second-order valence-electron chi connectivity index (χ2n) is 5.42. The third-order valence-electron chi connectivity index (χ3n) is 3.26.